The molecule has 4 aromatic rings. The van der Waals surface area contributed by atoms with Gasteiger partial charge in [0.05, 0.1) is 16.8 Å². The molecule has 0 aliphatic rings. The maximum atomic E-state index is 11.0. The Balaban J connectivity index is 1.55. The van der Waals surface area contributed by atoms with Crippen LogP contribution in [0.25, 0.3) is 24.3 Å². The van der Waals surface area contributed by atoms with Crippen molar-refractivity contribution in [3.63, 3.8) is 0 Å². The highest BCUT2D eigenvalue weighted by atomic mass is 16.6. The van der Waals surface area contributed by atoms with Crippen molar-refractivity contribution in [3.05, 3.63) is 129 Å². The van der Waals surface area contributed by atoms with Gasteiger partial charge in [-0.3, -0.25) is 15.5 Å². The second-order valence-corrected chi connectivity index (χ2v) is 13.3. The van der Waals surface area contributed by atoms with Crippen LogP contribution in [0.1, 0.15) is 107 Å². The second kappa shape index (κ2) is 21.9. The molecule has 0 fully saturated rings. The Morgan fingerprint density at radius 1 is 0.558 bits per heavy atom. The summed E-state index contributed by atoms with van der Waals surface area (Å²) in [7, 11) is 0. The second-order valence-electron chi connectivity index (χ2n) is 13.3. The van der Waals surface area contributed by atoms with Gasteiger partial charge in [0.1, 0.15) is 0 Å². The molecule has 0 radical (unpaired) electrons. The summed E-state index contributed by atoms with van der Waals surface area (Å²) in [5, 5.41) is 15.5. The van der Waals surface area contributed by atoms with Gasteiger partial charge < -0.3 is 9.80 Å². The minimum absolute atomic E-state index is 0.0466. The van der Waals surface area contributed by atoms with Crippen LogP contribution < -0.4 is 15.2 Å². The zero-order valence-electron chi connectivity index (χ0n) is 31.6. The van der Waals surface area contributed by atoms with E-state index in [0.717, 1.165) is 54.0 Å². The lowest BCUT2D eigenvalue weighted by Gasteiger charge is -2.24. The zero-order valence-corrected chi connectivity index (χ0v) is 31.6. The van der Waals surface area contributed by atoms with Crippen molar-refractivity contribution in [2.45, 2.75) is 79.1 Å². The number of nitrogens with one attached hydrogen (secondary N) is 1. The minimum Gasteiger partial charge on any atom is -0.372 e. The zero-order chi connectivity index (χ0) is 37.0. The van der Waals surface area contributed by atoms with Crippen LogP contribution in [0.5, 0.6) is 0 Å². The van der Waals surface area contributed by atoms with Crippen molar-refractivity contribution in [2.24, 2.45) is 5.10 Å². The Morgan fingerprint density at radius 2 is 0.942 bits per heavy atom. The van der Waals surface area contributed by atoms with Crippen LogP contribution in [0.15, 0.2) is 96.1 Å². The molecule has 4 aromatic carbocycles. The van der Waals surface area contributed by atoms with E-state index in [1.54, 1.807) is 18.3 Å². The van der Waals surface area contributed by atoms with E-state index in [2.05, 4.69) is 139 Å². The third-order valence-corrected chi connectivity index (χ3v) is 9.06. The number of nitro benzene ring substituents is 1. The summed E-state index contributed by atoms with van der Waals surface area (Å²) >= 11 is 0. The molecule has 0 saturated carbocycles. The maximum Gasteiger partial charge on any atom is 0.269 e. The van der Waals surface area contributed by atoms with Crippen LogP contribution in [-0.4, -0.2) is 37.3 Å². The molecule has 7 nitrogen and oxygen atoms in total. The summed E-state index contributed by atoms with van der Waals surface area (Å²) in [6.45, 7) is 13.4. The molecular formula is C45H57N5O2. The Hall–Kier alpha value is -5.17. The number of nitrogens with zero attached hydrogens (tertiary/aromatic N) is 4. The average Bonchev–Trinajstić information content (AvgIpc) is 3.17. The first-order chi connectivity index (χ1) is 25.4. The maximum absolute atomic E-state index is 11.0. The van der Waals surface area contributed by atoms with Gasteiger partial charge in [0, 0.05) is 49.7 Å². The highest BCUT2D eigenvalue weighted by molar-refractivity contribution is 5.85. The molecule has 0 saturated heterocycles. The number of unbranched alkanes of at least 4 members (excludes halogenated alkanes) is 4. The molecule has 0 unspecified atom stereocenters. The van der Waals surface area contributed by atoms with Crippen molar-refractivity contribution in [1.82, 2.24) is 0 Å². The molecule has 0 aromatic heterocycles. The van der Waals surface area contributed by atoms with E-state index in [-0.39, 0.29) is 5.69 Å². The molecule has 274 valence electrons. The first kappa shape index (κ1) is 39.6. The summed E-state index contributed by atoms with van der Waals surface area (Å²) < 4.78 is 0. The van der Waals surface area contributed by atoms with Gasteiger partial charge in [0.15, 0.2) is 0 Å². The first-order valence-corrected chi connectivity index (χ1v) is 19.2. The van der Waals surface area contributed by atoms with Gasteiger partial charge in [-0.15, -0.1) is 0 Å². The molecule has 0 bridgehead atoms. The lowest BCUT2D eigenvalue weighted by molar-refractivity contribution is -0.384. The van der Waals surface area contributed by atoms with Gasteiger partial charge in [-0.1, -0.05) is 102 Å². The molecule has 0 heterocycles. The van der Waals surface area contributed by atoms with Crippen LogP contribution >= 0.6 is 0 Å². The Kier molecular flexibility index (Phi) is 16.7. The summed E-state index contributed by atoms with van der Waals surface area (Å²) in [6.07, 6.45) is 20.0. The van der Waals surface area contributed by atoms with Gasteiger partial charge in [-0.25, -0.2) is 0 Å². The van der Waals surface area contributed by atoms with Crippen LogP contribution in [0.2, 0.25) is 0 Å². The van der Waals surface area contributed by atoms with Crippen LogP contribution in [0.4, 0.5) is 22.7 Å². The van der Waals surface area contributed by atoms with Crippen LogP contribution in [-0.2, 0) is 0 Å². The number of benzene rings is 4. The van der Waals surface area contributed by atoms with Gasteiger partial charge in [0.25, 0.3) is 5.69 Å². The molecule has 0 aliphatic carbocycles. The normalized spacial score (nSPS) is 11.5. The van der Waals surface area contributed by atoms with Crippen molar-refractivity contribution in [3.8, 4) is 0 Å². The largest absolute Gasteiger partial charge is 0.372 e. The topological polar surface area (TPSA) is 74.0 Å². The lowest BCUT2D eigenvalue weighted by Crippen LogP contribution is -2.25. The number of rotatable bonds is 22. The molecule has 1 N–H and O–H groups in total. The van der Waals surface area contributed by atoms with Crippen molar-refractivity contribution in [2.75, 3.05) is 41.4 Å². The summed E-state index contributed by atoms with van der Waals surface area (Å²) in [5.74, 6) is 0. The molecule has 4 rings (SSSR count). The molecule has 0 spiro atoms. The number of hydrazone groups is 1. The third kappa shape index (κ3) is 13.2. The van der Waals surface area contributed by atoms with E-state index < -0.39 is 4.92 Å². The van der Waals surface area contributed by atoms with Gasteiger partial charge in [-0.2, -0.15) is 5.10 Å². The highest BCUT2D eigenvalue weighted by Gasteiger charge is 2.07. The molecule has 0 aliphatic heterocycles. The van der Waals surface area contributed by atoms with Crippen LogP contribution in [0, 0.1) is 10.1 Å². The summed E-state index contributed by atoms with van der Waals surface area (Å²) in [6, 6.07) is 30.4. The quantitative estimate of drug-likeness (QED) is 0.0382. The Morgan fingerprint density at radius 3 is 1.33 bits per heavy atom. The van der Waals surface area contributed by atoms with E-state index in [1.807, 2.05) is 0 Å². The van der Waals surface area contributed by atoms with E-state index in [0.29, 0.717) is 5.69 Å². The lowest BCUT2D eigenvalue weighted by atomic mass is 10.0. The highest BCUT2D eigenvalue weighted by Crippen LogP contribution is 2.22. The van der Waals surface area contributed by atoms with Crippen LogP contribution in [0.3, 0.4) is 0 Å². The van der Waals surface area contributed by atoms with Gasteiger partial charge in [0.2, 0.25) is 0 Å². The molecular weight excluding hydrogens is 643 g/mol. The molecule has 7 heteroatoms. The Labute approximate surface area is 311 Å². The number of hydrogen-bond donors (Lipinski definition) is 1. The smallest absolute Gasteiger partial charge is 0.269 e. The SMILES string of the molecule is CCCCN(CCCC)c1ccc(/C=C/c2cc(/C=C/c3ccc(N(CCCC)CCCC)cc3)cc(/C=N/Nc3ccc([N+](=O)[O-])cc3)c2)cc1. The third-order valence-electron chi connectivity index (χ3n) is 9.06. The molecule has 52 heavy (non-hydrogen) atoms. The van der Waals surface area contributed by atoms with Crippen molar-refractivity contribution < 1.29 is 4.92 Å². The van der Waals surface area contributed by atoms with Gasteiger partial charge in [-0.05, 0) is 108 Å². The van der Waals surface area contributed by atoms with E-state index in [1.165, 1.54) is 74.9 Å². The molecule has 0 amide bonds. The van der Waals surface area contributed by atoms with Gasteiger partial charge >= 0.3 is 0 Å². The molecule has 0 atom stereocenters. The predicted octanol–water partition coefficient (Wildman–Crippen LogP) is 12.2. The average molecular weight is 700 g/mol. The summed E-state index contributed by atoms with van der Waals surface area (Å²) in [5.41, 5.74) is 11.7. The number of hydrogen-bond acceptors (Lipinski definition) is 6. The van der Waals surface area contributed by atoms with E-state index >= 15 is 0 Å². The Bertz CT molecular complexity index is 1620. The van der Waals surface area contributed by atoms with Crippen molar-refractivity contribution >= 4 is 53.3 Å². The van der Waals surface area contributed by atoms with Crippen molar-refractivity contribution in [1.29, 1.82) is 0 Å². The first-order valence-electron chi connectivity index (χ1n) is 19.2. The summed E-state index contributed by atoms with van der Waals surface area (Å²) in [4.78, 5) is 15.6. The van der Waals surface area contributed by atoms with E-state index in [9.17, 15) is 10.1 Å². The fourth-order valence-electron chi connectivity index (χ4n) is 5.92. The monoisotopic (exact) mass is 699 g/mol. The minimum atomic E-state index is -0.407. The number of non-ortho nitro benzene ring substituents is 1. The fraction of sp³-hybridized carbons (Fsp3) is 0.356. The van der Waals surface area contributed by atoms with E-state index in [4.69, 9.17) is 0 Å². The number of anilines is 3. The number of nitro groups is 1. The predicted molar refractivity (Wildman–Crippen MR) is 226 cm³/mol. The standard InChI is InChI=1S/C45H57N5O2/c1-5-9-29-48(30-10-6-2)43-23-17-37(18-24-43)13-15-39-33-40(35-41(34-39)36-46-47-42-21-27-45(28-22-42)50(51)52)16-14-38-19-25-44(26-20-38)49(31-11-7-3)32-12-8-4/h13-28,33-36,47H,5-12,29-32H2,1-4H3/b15-13+,16-14+,46-36+. The fourth-order valence-corrected chi connectivity index (χ4v) is 5.92.